The van der Waals surface area contributed by atoms with Crippen molar-refractivity contribution in [3.05, 3.63) is 29.0 Å². The maximum Gasteiger partial charge on any atom is 0.146 e. The molecule has 0 spiro atoms. The van der Waals surface area contributed by atoms with E-state index in [1.165, 1.54) is 38.2 Å². The van der Waals surface area contributed by atoms with Gasteiger partial charge in [-0.3, -0.25) is 0 Å². The third kappa shape index (κ3) is 1.87. The van der Waals surface area contributed by atoms with Crippen LogP contribution in [0.5, 0.6) is 0 Å². The van der Waals surface area contributed by atoms with Gasteiger partial charge in [0.25, 0.3) is 0 Å². The number of hydrogen-bond acceptors (Lipinski definition) is 1. The first-order chi connectivity index (χ1) is 9.22. The summed E-state index contributed by atoms with van der Waals surface area (Å²) in [5, 5.41) is 4.04. The van der Waals surface area contributed by atoms with Crippen molar-refractivity contribution in [1.82, 2.24) is 0 Å². The highest BCUT2D eigenvalue weighted by Gasteiger charge is 2.53. The number of benzene rings is 1. The molecule has 0 aromatic heterocycles. The van der Waals surface area contributed by atoms with Crippen molar-refractivity contribution in [3.8, 4) is 0 Å². The number of halogens is 2. The third-order valence-corrected chi connectivity index (χ3v) is 5.93. The molecule has 1 N–H and O–H groups in total. The second-order valence-electron chi connectivity index (χ2n) is 6.53. The molecule has 19 heavy (non-hydrogen) atoms. The van der Waals surface area contributed by atoms with Crippen molar-refractivity contribution in [2.75, 3.05) is 5.32 Å². The summed E-state index contributed by atoms with van der Waals surface area (Å²) in [5.74, 6) is 3.34. The van der Waals surface area contributed by atoms with E-state index in [1.54, 1.807) is 12.1 Å². The summed E-state index contributed by atoms with van der Waals surface area (Å²) in [4.78, 5) is 0. The maximum absolute atomic E-state index is 13.8. The molecule has 5 atom stereocenters. The van der Waals surface area contributed by atoms with Crippen LogP contribution >= 0.6 is 11.6 Å². The molecule has 3 heteroatoms. The SMILES string of the molecule is Fc1ccc(Cl)cc1NC1CC2CC1C1CCCC21. The van der Waals surface area contributed by atoms with Crippen LogP contribution in [0.1, 0.15) is 32.1 Å². The molecule has 102 valence electrons. The Balaban J connectivity index is 1.54. The quantitative estimate of drug-likeness (QED) is 0.826. The minimum absolute atomic E-state index is 0.185. The van der Waals surface area contributed by atoms with Gasteiger partial charge in [0, 0.05) is 11.1 Å². The standard InChI is InChI=1S/C16H19ClFN/c17-10-4-5-14(18)16(8-10)19-15-7-9-6-13(15)12-3-1-2-11(9)12/h4-5,8-9,11-13,15,19H,1-3,6-7H2. The van der Waals surface area contributed by atoms with Gasteiger partial charge < -0.3 is 5.32 Å². The van der Waals surface area contributed by atoms with E-state index in [0.29, 0.717) is 16.8 Å². The van der Waals surface area contributed by atoms with Gasteiger partial charge in [-0.25, -0.2) is 4.39 Å². The fourth-order valence-corrected chi connectivity index (χ4v) is 5.21. The van der Waals surface area contributed by atoms with Crippen LogP contribution in [0.4, 0.5) is 10.1 Å². The van der Waals surface area contributed by atoms with Gasteiger partial charge in [-0.1, -0.05) is 18.0 Å². The zero-order valence-corrected chi connectivity index (χ0v) is 11.7. The Labute approximate surface area is 118 Å². The van der Waals surface area contributed by atoms with Crippen molar-refractivity contribution in [2.24, 2.45) is 23.7 Å². The van der Waals surface area contributed by atoms with E-state index in [9.17, 15) is 4.39 Å². The van der Waals surface area contributed by atoms with Crippen molar-refractivity contribution in [2.45, 2.75) is 38.1 Å². The van der Waals surface area contributed by atoms with Crippen molar-refractivity contribution >= 4 is 17.3 Å². The van der Waals surface area contributed by atoms with Crippen LogP contribution in [-0.4, -0.2) is 6.04 Å². The monoisotopic (exact) mass is 279 g/mol. The van der Waals surface area contributed by atoms with E-state index in [4.69, 9.17) is 11.6 Å². The Morgan fingerprint density at radius 3 is 2.84 bits per heavy atom. The molecule has 0 amide bonds. The molecule has 0 radical (unpaired) electrons. The van der Waals surface area contributed by atoms with Crippen LogP contribution in [0, 0.1) is 29.5 Å². The van der Waals surface area contributed by atoms with E-state index < -0.39 is 0 Å². The summed E-state index contributed by atoms with van der Waals surface area (Å²) >= 11 is 5.96. The van der Waals surface area contributed by atoms with Crippen LogP contribution in [0.15, 0.2) is 18.2 Å². The molecule has 3 saturated carbocycles. The fourth-order valence-electron chi connectivity index (χ4n) is 5.04. The summed E-state index contributed by atoms with van der Waals surface area (Å²) in [6.45, 7) is 0. The molecule has 3 aliphatic carbocycles. The van der Waals surface area contributed by atoms with Gasteiger partial charge in [-0.05, 0) is 67.6 Å². The number of anilines is 1. The molecule has 1 nitrogen and oxygen atoms in total. The van der Waals surface area contributed by atoms with Crippen LogP contribution < -0.4 is 5.32 Å². The highest BCUT2D eigenvalue weighted by Crippen LogP contribution is 2.59. The Bertz CT molecular complexity index is 504. The fraction of sp³-hybridized carbons (Fsp3) is 0.625. The van der Waals surface area contributed by atoms with Crippen LogP contribution in [0.25, 0.3) is 0 Å². The average molecular weight is 280 g/mol. The summed E-state index contributed by atoms with van der Waals surface area (Å²) < 4.78 is 13.8. The minimum atomic E-state index is -0.185. The molecule has 2 bridgehead atoms. The molecule has 1 aromatic rings. The van der Waals surface area contributed by atoms with Crippen LogP contribution in [0.3, 0.4) is 0 Å². The molecule has 0 saturated heterocycles. The molecule has 5 unspecified atom stereocenters. The lowest BCUT2D eigenvalue weighted by Crippen LogP contribution is -2.34. The number of fused-ring (bicyclic) bond motifs is 5. The first-order valence-electron chi connectivity index (χ1n) is 7.44. The summed E-state index contributed by atoms with van der Waals surface area (Å²) in [7, 11) is 0. The number of hydrogen-bond donors (Lipinski definition) is 1. The number of rotatable bonds is 2. The van der Waals surface area contributed by atoms with E-state index >= 15 is 0 Å². The van der Waals surface area contributed by atoms with Crippen LogP contribution in [-0.2, 0) is 0 Å². The summed E-state index contributed by atoms with van der Waals surface area (Å²) in [6.07, 6.45) is 6.81. The Hall–Kier alpha value is -0.760. The van der Waals surface area contributed by atoms with Crippen molar-refractivity contribution < 1.29 is 4.39 Å². The topological polar surface area (TPSA) is 12.0 Å². The normalized spacial score (nSPS) is 39.6. The minimum Gasteiger partial charge on any atom is -0.380 e. The molecular formula is C16H19ClFN. The van der Waals surface area contributed by atoms with Gasteiger partial charge >= 0.3 is 0 Å². The lowest BCUT2D eigenvalue weighted by atomic mass is 9.79. The predicted molar refractivity (Wildman–Crippen MR) is 75.9 cm³/mol. The zero-order valence-electron chi connectivity index (χ0n) is 10.9. The Morgan fingerprint density at radius 1 is 1.11 bits per heavy atom. The van der Waals surface area contributed by atoms with E-state index in [0.717, 1.165) is 23.7 Å². The predicted octanol–water partition coefficient (Wildman–Crippen LogP) is 4.72. The average Bonchev–Trinajstić information content (AvgIpc) is 3.05. The molecular weight excluding hydrogens is 261 g/mol. The van der Waals surface area contributed by atoms with Crippen molar-refractivity contribution in [3.63, 3.8) is 0 Å². The van der Waals surface area contributed by atoms with Crippen molar-refractivity contribution in [1.29, 1.82) is 0 Å². The largest absolute Gasteiger partial charge is 0.380 e. The molecule has 4 rings (SSSR count). The van der Waals surface area contributed by atoms with Gasteiger partial charge in [0.15, 0.2) is 0 Å². The third-order valence-electron chi connectivity index (χ3n) is 5.70. The lowest BCUT2D eigenvalue weighted by molar-refractivity contribution is 0.243. The molecule has 1 aromatic carbocycles. The Kier molecular flexibility index (Phi) is 2.77. The van der Waals surface area contributed by atoms with E-state index in [1.807, 2.05) is 0 Å². The summed E-state index contributed by atoms with van der Waals surface area (Å²) in [6, 6.07) is 5.23. The van der Waals surface area contributed by atoms with Crippen LogP contribution in [0.2, 0.25) is 5.02 Å². The molecule has 3 fully saturated rings. The second kappa shape index (κ2) is 4.37. The van der Waals surface area contributed by atoms with Gasteiger partial charge in [-0.15, -0.1) is 0 Å². The lowest BCUT2D eigenvalue weighted by Gasteiger charge is -2.32. The molecule has 0 heterocycles. The molecule has 0 aliphatic heterocycles. The smallest absolute Gasteiger partial charge is 0.146 e. The van der Waals surface area contributed by atoms with Gasteiger partial charge in [-0.2, -0.15) is 0 Å². The second-order valence-corrected chi connectivity index (χ2v) is 6.97. The maximum atomic E-state index is 13.8. The Morgan fingerprint density at radius 2 is 1.95 bits per heavy atom. The summed E-state index contributed by atoms with van der Waals surface area (Å²) in [5.41, 5.74) is 0.583. The van der Waals surface area contributed by atoms with Gasteiger partial charge in [0.1, 0.15) is 5.82 Å². The van der Waals surface area contributed by atoms with E-state index in [-0.39, 0.29) is 5.82 Å². The number of nitrogens with one attached hydrogen (secondary N) is 1. The van der Waals surface area contributed by atoms with Gasteiger partial charge in [0.2, 0.25) is 0 Å². The molecule has 3 aliphatic rings. The first-order valence-corrected chi connectivity index (χ1v) is 7.82. The highest BCUT2D eigenvalue weighted by atomic mass is 35.5. The zero-order chi connectivity index (χ0) is 13.0. The highest BCUT2D eigenvalue weighted by molar-refractivity contribution is 6.30. The van der Waals surface area contributed by atoms with Gasteiger partial charge in [0.05, 0.1) is 5.69 Å². The van der Waals surface area contributed by atoms with E-state index in [2.05, 4.69) is 5.32 Å². The first kappa shape index (κ1) is 12.0.